The smallest absolute Gasteiger partial charge is 0.292 e. The van der Waals surface area contributed by atoms with Crippen LogP contribution in [0.4, 0.5) is 17.1 Å². The quantitative estimate of drug-likeness (QED) is 0.433. The number of anilines is 2. The second-order valence-electron chi connectivity index (χ2n) is 5.33. The van der Waals surface area contributed by atoms with Crippen molar-refractivity contribution in [1.82, 2.24) is 10.2 Å². The number of benzene rings is 2. The van der Waals surface area contributed by atoms with E-state index in [-0.39, 0.29) is 18.0 Å². The van der Waals surface area contributed by atoms with Crippen LogP contribution in [0.2, 0.25) is 0 Å². The molecule has 0 saturated heterocycles. The Morgan fingerprint density at radius 2 is 1.96 bits per heavy atom. The molecule has 0 bridgehead atoms. The number of nitrogens with zero attached hydrogens (tertiary/aromatic N) is 3. The largest absolute Gasteiger partial charge is 0.379 e. The number of nitro groups is 1. The lowest BCUT2D eigenvalue weighted by atomic mass is 10.2. The summed E-state index contributed by atoms with van der Waals surface area (Å²) in [6.45, 7) is 0.293. The minimum Gasteiger partial charge on any atom is -0.379 e. The second kappa shape index (κ2) is 9.10. The first-order valence-corrected chi connectivity index (χ1v) is 9.62. The van der Waals surface area contributed by atoms with Crippen molar-refractivity contribution in [3.63, 3.8) is 0 Å². The van der Waals surface area contributed by atoms with Crippen LogP contribution < -0.4 is 10.6 Å². The lowest BCUT2D eigenvalue weighted by Crippen LogP contribution is -2.16. The number of para-hydroxylation sites is 2. The van der Waals surface area contributed by atoms with Gasteiger partial charge in [0.05, 0.1) is 4.92 Å². The van der Waals surface area contributed by atoms with Crippen molar-refractivity contribution in [1.29, 1.82) is 0 Å². The number of rotatable bonds is 8. The van der Waals surface area contributed by atoms with Gasteiger partial charge in [-0.3, -0.25) is 14.9 Å². The Labute approximate surface area is 163 Å². The summed E-state index contributed by atoms with van der Waals surface area (Å²) in [6.07, 6.45) is 0.188. The van der Waals surface area contributed by atoms with E-state index in [1.165, 1.54) is 29.2 Å². The lowest BCUT2D eigenvalue weighted by molar-refractivity contribution is -0.384. The minimum atomic E-state index is -0.455. The maximum Gasteiger partial charge on any atom is 0.292 e. The third-order valence-electron chi connectivity index (χ3n) is 3.45. The number of nitro benzene ring substituents is 1. The highest BCUT2D eigenvalue weighted by molar-refractivity contribution is 8.01. The first-order valence-electron chi connectivity index (χ1n) is 7.93. The molecule has 0 aliphatic carbocycles. The van der Waals surface area contributed by atoms with Crippen LogP contribution in [0, 0.1) is 10.1 Å². The highest BCUT2D eigenvalue weighted by Gasteiger charge is 2.12. The van der Waals surface area contributed by atoms with Crippen LogP contribution in [-0.2, 0) is 4.79 Å². The highest BCUT2D eigenvalue weighted by atomic mass is 32.2. The van der Waals surface area contributed by atoms with Crippen molar-refractivity contribution in [3.8, 4) is 0 Å². The van der Waals surface area contributed by atoms with Gasteiger partial charge in [0.15, 0.2) is 4.34 Å². The van der Waals surface area contributed by atoms with Gasteiger partial charge in [-0.15, -0.1) is 10.2 Å². The second-order valence-corrected chi connectivity index (χ2v) is 7.48. The molecular weight excluding hydrogens is 386 g/mol. The van der Waals surface area contributed by atoms with Crippen molar-refractivity contribution < 1.29 is 9.72 Å². The Balaban J connectivity index is 1.47. The molecule has 1 heterocycles. The van der Waals surface area contributed by atoms with Crippen LogP contribution in [0.3, 0.4) is 0 Å². The van der Waals surface area contributed by atoms with Gasteiger partial charge in [-0.1, -0.05) is 35.2 Å². The van der Waals surface area contributed by atoms with E-state index in [1.54, 1.807) is 23.7 Å². The van der Waals surface area contributed by atoms with Gasteiger partial charge >= 0.3 is 0 Å². The SMILES string of the molecule is O=C(CCNc1ccccc1[N+](=O)[O-])Nc1ccc(Sc2nncs2)cc1. The predicted octanol–water partition coefficient (Wildman–Crippen LogP) is 4.04. The monoisotopic (exact) mass is 401 g/mol. The van der Waals surface area contributed by atoms with Gasteiger partial charge < -0.3 is 10.6 Å². The molecule has 10 heteroatoms. The number of carbonyl (C=O) groups is 1. The molecule has 3 rings (SSSR count). The van der Waals surface area contributed by atoms with E-state index in [2.05, 4.69) is 20.8 Å². The fourth-order valence-electron chi connectivity index (χ4n) is 2.23. The van der Waals surface area contributed by atoms with Gasteiger partial charge in [0.1, 0.15) is 11.2 Å². The van der Waals surface area contributed by atoms with E-state index < -0.39 is 4.92 Å². The fourth-order valence-corrected chi connectivity index (χ4v) is 3.68. The van der Waals surface area contributed by atoms with E-state index >= 15 is 0 Å². The first kappa shape index (κ1) is 18.8. The zero-order valence-electron chi connectivity index (χ0n) is 14.0. The Kier molecular flexibility index (Phi) is 6.34. The van der Waals surface area contributed by atoms with Gasteiger partial charge in [-0.05, 0) is 30.3 Å². The maximum atomic E-state index is 12.1. The summed E-state index contributed by atoms with van der Waals surface area (Å²) in [5, 5.41) is 24.5. The molecule has 8 nitrogen and oxygen atoms in total. The van der Waals surface area contributed by atoms with Crippen molar-refractivity contribution in [3.05, 3.63) is 64.2 Å². The lowest BCUT2D eigenvalue weighted by Gasteiger charge is -2.08. The Morgan fingerprint density at radius 1 is 1.19 bits per heavy atom. The van der Waals surface area contributed by atoms with Crippen molar-refractivity contribution in [2.45, 2.75) is 15.7 Å². The standard InChI is InChI=1S/C17H15N5O3S2/c23-16(9-10-18-14-3-1-2-4-15(14)22(24)25)20-12-5-7-13(8-6-12)27-17-21-19-11-26-17/h1-8,11,18H,9-10H2,(H,20,23). The van der Waals surface area contributed by atoms with Gasteiger partial charge in [-0.25, -0.2) is 0 Å². The molecular formula is C17H15N5O3S2. The molecule has 1 aromatic heterocycles. The topological polar surface area (TPSA) is 110 Å². The number of nitrogens with one attached hydrogen (secondary N) is 2. The van der Waals surface area contributed by atoms with Crippen LogP contribution in [0.5, 0.6) is 0 Å². The summed E-state index contributed by atoms with van der Waals surface area (Å²) in [4.78, 5) is 23.6. The molecule has 0 fully saturated rings. The van der Waals surface area contributed by atoms with Crippen molar-refractivity contribution in [2.24, 2.45) is 0 Å². The zero-order chi connectivity index (χ0) is 19.1. The fraction of sp³-hybridized carbons (Fsp3) is 0.118. The number of carbonyl (C=O) groups excluding carboxylic acids is 1. The van der Waals surface area contributed by atoms with E-state index in [0.29, 0.717) is 17.9 Å². The Hall–Kier alpha value is -2.98. The zero-order valence-corrected chi connectivity index (χ0v) is 15.6. The Bertz CT molecular complexity index is 917. The first-order chi connectivity index (χ1) is 13.1. The summed E-state index contributed by atoms with van der Waals surface area (Å²) < 4.78 is 0.855. The number of amides is 1. The molecule has 1 amide bonds. The molecule has 0 atom stereocenters. The molecule has 2 N–H and O–H groups in total. The molecule has 0 saturated carbocycles. The van der Waals surface area contributed by atoms with Crippen LogP contribution in [0.15, 0.2) is 63.3 Å². The highest BCUT2D eigenvalue weighted by Crippen LogP contribution is 2.29. The average molecular weight is 401 g/mol. The molecule has 0 aliphatic heterocycles. The summed E-state index contributed by atoms with van der Waals surface area (Å²) in [7, 11) is 0. The third-order valence-corrected chi connectivity index (χ3v) is 5.24. The molecule has 27 heavy (non-hydrogen) atoms. The van der Waals surface area contributed by atoms with Gasteiger partial charge in [0.2, 0.25) is 5.91 Å². The third kappa shape index (κ3) is 5.50. The number of aromatic nitrogens is 2. The predicted molar refractivity (Wildman–Crippen MR) is 105 cm³/mol. The van der Waals surface area contributed by atoms with Crippen LogP contribution >= 0.6 is 23.1 Å². The van der Waals surface area contributed by atoms with Gasteiger partial charge in [-0.2, -0.15) is 0 Å². The van der Waals surface area contributed by atoms with E-state index in [9.17, 15) is 14.9 Å². The number of hydrogen-bond donors (Lipinski definition) is 2. The molecule has 0 unspecified atom stereocenters. The van der Waals surface area contributed by atoms with E-state index in [1.807, 2.05) is 24.3 Å². The molecule has 3 aromatic rings. The van der Waals surface area contributed by atoms with E-state index in [0.717, 1.165) is 9.24 Å². The van der Waals surface area contributed by atoms with Gasteiger partial charge in [0, 0.05) is 29.6 Å². The summed E-state index contributed by atoms with van der Waals surface area (Å²) in [5.74, 6) is -0.175. The summed E-state index contributed by atoms with van der Waals surface area (Å²) in [6, 6.07) is 13.8. The molecule has 2 aromatic carbocycles. The normalized spacial score (nSPS) is 10.4. The van der Waals surface area contributed by atoms with Gasteiger partial charge in [0.25, 0.3) is 5.69 Å². The molecule has 0 aliphatic rings. The van der Waals surface area contributed by atoms with Crippen LogP contribution in [0.25, 0.3) is 0 Å². The van der Waals surface area contributed by atoms with E-state index in [4.69, 9.17) is 0 Å². The molecule has 0 radical (unpaired) electrons. The maximum absolute atomic E-state index is 12.1. The Morgan fingerprint density at radius 3 is 2.67 bits per heavy atom. The average Bonchev–Trinajstić information content (AvgIpc) is 3.17. The summed E-state index contributed by atoms with van der Waals surface area (Å²) >= 11 is 2.97. The molecule has 0 spiro atoms. The van der Waals surface area contributed by atoms with Crippen molar-refractivity contribution >= 4 is 46.1 Å². The summed E-state index contributed by atoms with van der Waals surface area (Å²) in [5.41, 5.74) is 2.75. The minimum absolute atomic E-state index is 0.0126. The molecule has 138 valence electrons. The van der Waals surface area contributed by atoms with Crippen molar-refractivity contribution in [2.75, 3.05) is 17.2 Å². The van der Waals surface area contributed by atoms with Crippen LogP contribution in [-0.4, -0.2) is 27.6 Å². The van der Waals surface area contributed by atoms with Crippen LogP contribution in [0.1, 0.15) is 6.42 Å². The number of hydrogen-bond acceptors (Lipinski definition) is 8.